The molecular formula is C28H33F3N4O5. The van der Waals surface area contributed by atoms with Crippen molar-refractivity contribution in [3.63, 3.8) is 0 Å². The summed E-state index contributed by atoms with van der Waals surface area (Å²) < 4.78 is 50.5. The first kappa shape index (κ1) is 30.5. The largest absolute Gasteiger partial charge is 0.479 e. The maximum Gasteiger partial charge on any atom is 0.389 e. The smallest absolute Gasteiger partial charge is 0.389 e. The number of alkyl halides is 3. The third kappa shape index (κ3) is 9.28. The van der Waals surface area contributed by atoms with Crippen molar-refractivity contribution >= 4 is 11.8 Å². The number of ether oxygens (including phenoxy) is 2. The molecule has 216 valence electrons. The van der Waals surface area contributed by atoms with Gasteiger partial charge in [0.25, 0.3) is 5.56 Å². The van der Waals surface area contributed by atoms with Crippen LogP contribution in [0.5, 0.6) is 5.75 Å². The molecule has 1 atom stereocenters. The minimum Gasteiger partial charge on any atom is -0.479 e. The van der Waals surface area contributed by atoms with E-state index in [1.54, 1.807) is 56.3 Å². The highest BCUT2D eigenvalue weighted by molar-refractivity contribution is 5.74. The fourth-order valence-corrected chi connectivity index (χ4v) is 3.94. The van der Waals surface area contributed by atoms with E-state index in [1.165, 1.54) is 0 Å². The van der Waals surface area contributed by atoms with Gasteiger partial charge in [-0.15, -0.1) is 5.10 Å². The Kier molecular flexibility index (Phi) is 10.9. The number of esters is 1. The van der Waals surface area contributed by atoms with Crippen LogP contribution in [0.4, 0.5) is 19.0 Å². The number of anilines is 1. The van der Waals surface area contributed by atoms with E-state index in [1.807, 2.05) is 12.1 Å². The Morgan fingerprint density at radius 1 is 1.05 bits per heavy atom. The molecule has 2 aromatic carbocycles. The first-order valence-electron chi connectivity index (χ1n) is 13.1. The summed E-state index contributed by atoms with van der Waals surface area (Å²) in [6.45, 7) is 3.59. The topological polar surface area (TPSA) is 104 Å². The van der Waals surface area contributed by atoms with Crippen LogP contribution in [0.3, 0.4) is 0 Å². The summed E-state index contributed by atoms with van der Waals surface area (Å²) in [6.07, 6.45) is -5.35. The molecular weight excluding hydrogens is 529 g/mol. The molecule has 3 rings (SSSR count). The maximum atomic E-state index is 13.1. The van der Waals surface area contributed by atoms with Gasteiger partial charge in [-0.05, 0) is 56.4 Å². The highest BCUT2D eigenvalue weighted by Crippen LogP contribution is 2.21. The van der Waals surface area contributed by atoms with Gasteiger partial charge >= 0.3 is 17.8 Å². The molecule has 0 amide bonds. The summed E-state index contributed by atoms with van der Waals surface area (Å²) in [7, 11) is 0. The van der Waals surface area contributed by atoms with E-state index in [2.05, 4.69) is 10.4 Å². The van der Waals surface area contributed by atoms with Crippen molar-refractivity contribution in [1.29, 1.82) is 0 Å². The van der Waals surface area contributed by atoms with Gasteiger partial charge in [0.05, 0.1) is 13.2 Å². The van der Waals surface area contributed by atoms with E-state index in [0.29, 0.717) is 30.7 Å². The zero-order valence-electron chi connectivity index (χ0n) is 22.4. The van der Waals surface area contributed by atoms with Crippen LogP contribution in [-0.2, 0) is 29.0 Å². The second-order valence-electron chi connectivity index (χ2n) is 9.14. The van der Waals surface area contributed by atoms with Crippen molar-refractivity contribution in [2.45, 2.75) is 64.9 Å². The molecule has 0 fully saturated rings. The Labute approximate surface area is 229 Å². The van der Waals surface area contributed by atoms with Gasteiger partial charge in [-0.1, -0.05) is 42.5 Å². The molecule has 1 unspecified atom stereocenters. The lowest BCUT2D eigenvalue weighted by molar-refractivity contribution is -0.150. The van der Waals surface area contributed by atoms with Crippen molar-refractivity contribution in [2.75, 3.05) is 18.5 Å². The van der Waals surface area contributed by atoms with Crippen LogP contribution in [-0.4, -0.2) is 45.7 Å². The molecule has 0 spiro atoms. The van der Waals surface area contributed by atoms with Gasteiger partial charge in [-0.2, -0.15) is 13.2 Å². The molecule has 0 bridgehead atoms. The van der Waals surface area contributed by atoms with E-state index in [0.717, 1.165) is 14.8 Å². The number of hydrogen-bond donors (Lipinski definition) is 1. The van der Waals surface area contributed by atoms with E-state index in [9.17, 15) is 27.6 Å². The molecule has 0 radical (unpaired) electrons. The Morgan fingerprint density at radius 3 is 2.48 bits per heavy atom. The van der Waals surface area contributed by atoms with Crippen LogP contribution < -0.4 is 21.3 Å². The highest BCUT2D eigenvalue weighted by Gasteiger charge is 2.26. The monoisotopic (exact) mass is 562 g/mol. The number of rotatable bonds is 14. The normalized spacial score (nSPS) is 12.1. The minimum absolute atomic E-state index is 0.0357. The predicted molar refractivity (Wildman–Crippen MR) is 144 cm³/mol. The van der Waals surface area contributed by atoms with Crippen molar-refractivity contribution < 1.29 is 27.4 Å². The molecule has 1 heterocycles. The van der Waals surface area contributed by atoms with E-state index in [-0.39, 0.29) is 31.9 Å². The molecule has 40 heavy (non-hydrogen) atoms. The molecule has 0 saturated heterocycles. The van der Waals surface area contributed by atoms with Crippen LogP contribution >= 0.6 is 0 Å². The fourth-order valence-electron chi connectivity index (χ4n) is 3.94. The van der Waals surface area contributed by atoms with E-state index >= 15 is 0 Å². The Hall–Kier alpha value is -4.09. The average molecular weight is 563 g/mol. The summed E-state index contributed by atoms with van der Waals surface area (Å²) in [4.78, 5) is 37.8. The lowest BCUT2D eigenvalue weighted by atomic mass is 10.1. The van der Waals surface area contributed by atoms with Crippen LogP contribution in [0.25, 0.3) is 0 Å². The highest BCUT2D eigenvalue weighted by atomic mass is 19.4. The van der Waals surface area contributed by atoms with Crippen LogP contribution in [0, 0.1) is 0 Å². The van der Waals surface area contributed by atoms with Crippen molar-refractivity contribution in [2.24, 2.45) is 0 Å². The first-order chi connectivity index (χ1) is 19.1. The second kappa shape index (κ2) is 14.3. The molecule has 0 aliphatic carbocycles. The number of nitrogens with one attached hydrogen (secondary N) is 1. The van der Waals surface area contributed by atoms with Gasteiger partial charge in [-0.25, -0.2) is 14.3 Å². The standard InChI is InChI=1S/C28H33F3N4O5/c1-3-39-26(37)20(2)40-23-14-7-12-21(18-23)13-8-16-32-24-25(36)34(19-22-10-5-4-6-11-22)27(38)35(33-24)17-9-15-28(29,30)31/h4-7,10-12,14,18,20H,3,8-9,13,15-17,19H2,1-2H3,(H,32,33). The van der Waals surface area contributed by atoms with Crippen molar-refractivity contribution in [1.82, 2.24) is 14.3 Å². The SMILES string of the molecule is CCOC(=O)C(C)Oc1cccc(CCCNc2nn(CCCC(F)(F)F)c(=O)n(Cc3ccccc3)c2=O)c1. The van der Waals surface area contributed by atoms with Gasteiger partial charge in [0.1, 0.15) is 5.75 Å². The molecule has 0 aliphatic rings. The van der Waals surface area contributed by atoms with Gasteiger partial charge in [0.2, 0.25) is 5.82 Å². The Bertz CT molecular complexity index is 1370. The predicted octanol–water partition coefficient (Wildman–Crippen LogP) is 4.17. The third-order valence-corrected chi connectivity index (χ3v) is 5.90. The van der Waals surface area contributed by atoms with Crippen LogP contribution in [0.2, 0.25) is 0 Å². The molecule has 1 aromatic heterocycles. The summed E-state index contributed by atoms with van der Waals surface area (Å²) in [6, 6.07) is 16.1. The lowest BCUT2D eigenvalue weighted by Crippen LogP contribution is -2.43. The van der Waals surface area contributed by atoms with Gasteiger partial charge in [0.15, 0.2) is 6.10 Å². The summed E-state index contributed by atoms with van der Waals surface area (Å²) in [5.74, 6) is -0.0486. The molecule has 0 saturated carbocycles. The number of carbonyl (C=O) groups is 1. The maximum absolute atomic E-state index is 13.1. The molecule has 12 heteroatoms. The zero-order valence-corrected chi connectivity index (χ0v) is 22.4. The van der Waals surface area contributed by atoms with E-state index in [4.69, 9.17) is 9.47 Å². The molecule has 9 nitrogen and oxygen atoms in total. The quantitative estimate of drug-likeness (QED) is 0.232. The second-order valence-corrected chi connectivity index (χ2v) is 9.14. The third-order valence-electron chi connectivity index (χ3n) is 5.90. The molecule has 3 aromatic rings. The lowest BCUT2D eigenvalue weighted by Gasteiger charge is -2.14. The number of hydrogen-bond acceptors (Lipinski definition) is 7. The van der Waals surface area contributed by atoms with E-state index < -0.39 is 35.9 Å². The fraction of sp³-hybridized carbons (Fsp3) is 0.429. The summed E-state index contributed by atoms with van der Waals surface area (Å²) in [5, 5.41) is 6.99. The van der Waals surface area contributed by atoms with Crippen LogP contribution in [0.15, 0.2) is 64.2 Å². The molecule has 0 aliphatic heterocycles. The van der Waals surface area contributed by atoms with Crippen LogP contribution in [0.1, 0.15) is 44.2 Å². The number of aryl methyl sites for hydroxylation is 2. The summed E-state index contributed by atoms with van der Waals surface area (Å²) in [5.41, 5.74) is 0.210. The van der Waals surface area contributed by atoms with Gasteiger partial charge in [0, 0.05) is 19.5 Å². The minimum atomic E-state index is -4.36. The number of nitrogens with zero attached hydrogens (tertiary/aromatic N) is 3. The van der Waals surface area contributed by atoms with Crippen molar-refractivity contribution in [3.8, 4) is 5.75 Å². The number of benzene rings is 2. The Balaban J connectivity index is 1.69. The zero-order chi connectivity index (χ0) is 29.1. The summed E-state index contributed by atoms with van der Waals surface area (Å²) >= 11 is 0. The number of halogens is 3. The number of aromatic nitrogens is 3. The van der Waals surface area contributed by atoms with Gasteiger partial charge in [-0.3, -0.25) is 9.36 Å². The van der Waals surface area contributed by atoms with Crippen molar-refractivity contribution in [3.05, 3.63) is 86.6 Å². The molecule has 1 N–H and O–H groups in total. The van der Waals surface area contributed by atoms with Gasteiger partial charge < -0.3 is 14.8 Å². The number of carbonyl (C=O) groups excluding carboxylic acids is 1. The first-order valence-corrected chi connectivity index (χ1v) is 13.1. The average Bonchev–Trinajstić information content (AvgIpc) is 2.91. The Morgan fingerprint density at radius 2 is 1.77 bits per heavy atom.